The molecule has 0 unspecified atom stereocenters. The maximum absolute atomic E-state index is 9.79. The molecule has 2 aromatic carbocycles. The van der Waals surface area contributed by atoms with Gasteiger partial charge in [0.05, 0.1) is 18.3 Å². The van der Waals surface area contributed by atoms with E-state index in [-0.39, 0.29) is 16.5 Å². The summed E-state index contributed by atoms with van der Waals surface area (Å²) in [5.74, 6) is 0.851. The van der Waals surface area contributed by atoms with Crippen LogP contribution in [0.3, 0.4) is 0 Å². The number of aromatic hydroxyl groups is 1. The van der Waals surface area contributed by atoms with E-state index in [0.717, 1.165) is 5.56 Å². The Morgan fingerprint density at radius 3 is 2.84 bits per heavy atom. The lowest BCUT2D eigenvalue weighted by molar-refractivity contribution is 0.373. The number of rotatable bonds is 5. The minimum absolute atomic E-state index is 0.106. The monoisotopic (exact) mass is 374 g/mol. The van der Waals surface area contributed by atoms with Gasteiger partial charge in [0.15, 0.2) is 17.3 Å². The van der Waals surface area contributed by atoms with Gasteiger partial charge in [-0.2, -0.15) is 14.9 Å². The molecular formula is C17H15ClN4O2S. The van der Waals surface area contributed by atoms with Crippen molar-refractivity contribution in [1.82, 2.24) is 14.9 Å². The second-order valence-electron chi connectivity index (χ2n) is 5.22. The van der Waals surface area contributed by atoms with Crippen LogP contribution in [0.4, 0.5) is 0 Å². The highest BCUT2D eigenvalue weighted by molar-refractivity contribution is 7.71. The topological polar surface area (TPSA) is 75.4 Å². The minimum Gasteiger partial charge on any atom is -0.503 e. The summed E-state index contributed by atoms with van der Waals surface area (Å²) in [7, 11) is 1.45. The highest BCUT2D eigenvalue weighted by Gasteiger charge is 2.09. The van der Waals surface area contributed by atoms with Crippen molar-refractivity contribution < 1.29 is 9.84 Å². The average molecular weight is 375 g/mol. The summed E-state index contributed by atoms with van der Waals surface area (Å²) >= 11 is 11.2. The average Bonchev–Trinajstić information content (AvgIpc) is 2.96. The van der Waals surface area contributed by atoms with Gasteiger partial charge in [0.2, 0.25) is 4.77 Å². The number of nitrogens with one attached hydrogen (secondary N) is 1. The van der Waals surface area contributed by atoms with E-state index in [1.54, 1.807) is 23.0 Å². The number of ether oxygens (including phenoxy) is 1. The fourth-order valence-electron chi connectivity index (χ4n) is 2.28. The summed E-state index contributed by atoms with van der Waals surface area (Å²) < 4.78 is 7.03. The molecule has 0 aliphatic rings. The van der Waals surface area contributed by atoms with Crippen molar-refractivity contribution in [3.63, 3.8) is 0 Å². The lowest BCUT2D eigenvalue weighted by atomic mass is 10.1. The zero-order valence-electron chi connectivity index (χ0n) is 13.3. The molecule has 1 aromatic heterocycles. The number of phenols is 1. The van der Waals surface area contributed by atoms with Crippen molar-refractivity contribution in [2.75, 3.05) is 7.11 Å². The number of aromatic nitrogens is 3. The first-order chi connectivity index (χ1) is 12.1. The molecule has 1 heterocycles. The summed E-state index contributed by atoms with van der Waals surface area (Å²) in [6.45, 7) is 0. The van der Waals surface area contributed by atoms with Crippen molar-refractivity contribution in [2.24, 2.45) is 5.10 Å². The smallest absolute Gasteiger partial charge is 0.216 e. The molecule has 0 saturated heterocycles. The third-order valence-corrected chi connectivity index (χ3v) is 4.07. The highest BCUT2D eigenvalue weighted by atomic mass is 35.5. The highest BCUT2D eigenvalue weighted by Crippen LogP contribution is 2.34. The summed E-state index contributed by atoms with van der Waals surface area (Å²) in [5.41, 5.74) is 1.76. The number of halogens is 1. The standard InChI is InChI=1S/C17H15ClN4O2S/c1-24-14-8-12(7-13(18)16(14)23)10-19-22-15(20-21-17(22)25)9-11-5-3-2-4-6-11/h2-8,10,23H,9H2,1H3,(H,21,25)/b19-10-. The van der Waals surface area contributed by atoms with Crippen LogP contribution in [-0.4, -0.2) is 33.3 Å². The Morgan fingerprint density at radius 2 is 2.12 bits per heavy atom. The third kappa shape index (κ3) is 3.89. The van der Waals surface area contributed by atoms with E-state index in [4.69, 9.17) is 28.6 Å². The van der Waals surface area contributed by atoms with Gasteiger partial charge in [-0.3, -0.25) is 5.10 Å². The molecule has 0 radical (unpaired) electrons. The van der Waals surface area contributed by atoms with E-state index in [1.165, 1.54) is 7.11 Å². The number of phenolic OH excluding ortho intramolecular Hbond substituents is 1. The Labute approximate surface area is 154 Å². The van der Waals surface area contributed by atoms with Crippen LogP contribution < -0.4 is 4.74 Å². The van der Waals surface area contributed by atoms with Crippen molar-refractivity contribution in [1.29, 1.82) is 0 Å². The van der Waals surface area contributed by atoms with Crippen molar-refractivity contribution in [3.8, 4) is 11.5 Å². The van der Waals surface area contributed by atoms with E-state index in [9.17, 15) is 5.11 Å². The molecule has 3 aromatic rings. The number of benzene rings is 2. The predicted octanol–water partition coefficient (Wildman–Crippen LogP) is 3.78. The van der Waals surface area contributed by atoms with Crippen molar-refractivity contribution in [2.45, 2.75) is 6.42 Å². The Morgan fingerprint density at radius 1 is 1.36 bits per heavy atom. The first-order valence-electron chi connectivity index (χ1n) is 7.39. The molecule has 6 nitrogen and oxygen atoms in total. The van der Waals surface area contributed by atoms with E-state index in [2.05, 4.69) is 15.3 Å². The van der Waals surface area contributed by atoms with Gasteiger partial charge in [-0.05, 0) is 35.5 Å². The Hall–Kier alpha value is -2.64. The van der Waals surface area contributed by atoms with Crippen LogP contribution in [0.25, 0.3) is 0 Å². The third-order valence-electron chi connectivity index (χ3n) is 3.52. The second-order valence-corrected chi connectivity index (χ2v) is 6.01. The van der Waals surface area contributed by atoms with Crippen LogP contribution in [0.1, 0.15) is 17.0 Å². The Balaban J connectivity index is 1.91. The summed E-state index contributed by atoms with van der Waals surface area (Å²) in [5, 5.41) is 21.3. The molecule has 128 valence electrons. The van der Waals surface area contributed by atoms with Gasteiger partial charge >= 0.3 is 0 Å². The number of methoxy groups -OCH3 is 1. The molecule has 0 atom stereocenters. The number of aromatic amines is 1. The van der Waals surface area contributed by atoms with Gasteiger partial charge in [-0.25, -0.2) is 0 Å². The molecule has 0 aliphatic heterocycles. The molecule has 0 aliphatic carbocycles. The summed E-state index contributed by atoms with van der Waals surface area (Å²) in [4.78, 5) is 0. The van der Waals surface area contributed by atoms with Gasteiger partial charge in [0.25, 0.3) is 0 Å². The maximum Gasteiger partial charge on any atom is 0.216 e. The fraction of sp³-hybridized carbons (Fsp3) is 0.118. The summed E-state index contributed by atoms with van der Waals surface area (Å²) in [6.07, 6.45) is 2.17. The molecule has 0 bridgehead atoms. The first-order valence-corrected chi connectivity index (χ1v) is 8.18. The van der Waals surface area contributed by atoms with Crippen LogP contribution in [0, 0.1) is 4.77 Å². The van der Waals surface area contributed by atoms with Gasteiger partial charge in [0, 0.05) is 6.42 Å². The molecule has 0 saturated carbocycles. The maximum atomic E-state index is 9.79. The lowest BCUT2D eigenvalue weighted by Gasteiger charge is -2.06. The van der Waals surface area contributed by atoms with Gasteiger partial charge in [0.1, 0.15) is 0 Å². The Bertz CT molecular complexity index is 967. The quantitative estimate of drug-likeness (QED) is 0.526. The van der Waals surface area contributed by atoms with Crippen molar-refractivity contribution >= 4 is 30.0 Å². The van der Waals surface area contributed by atoms with Crippen LogP contribution >= 0.6 is 23.8 Å². The zero-order chi connectivity index (χ0) is 17.8. The molecule has 8 heteroatoms. The van der Waals surface area contributed by atoms with Gasteiger partial charge in [-0.15, -0.1) is 0 Å². The SMILES string of the molecule is COc1cc(/C=N\n2c(Cc3ccccc3)n[nH]c2=S)cc(Cl)c1O. The molecule has 2 N–H and O–H groups in total. The number of hydrogen-bond donors (Lipinski definition) is 2. The predicted molar refractivity (Wildman–Crippen MR) is 99.3 cm³/mol. The normalized spacial score (nSPS) is 11.1. The van der Waals surface area contributed by atoms with E-state index >= 15 is 0 Å². The van der Waals surface area contributed by atoms with E-state index < -0.39 is 0 Å². The van der Waals surface area contributed by atoms with Crippen LogP contribution in [0.5, 0.6) is 11.5 Å². The van der Waals surface area contributed by atoms with Gasteiger partial charge < -0.3 is 9.84 Å². The van der Waals surface area contributed by atoms with Crippen LogP contribution in [0.15, 0.2) is 47.6 Å². The van der Waals surface area contributed by atoms with E-state index in [1.807, 2.05) is 30.3 Å². The largest absolute Gasteiger partial charge is 0.503 e. The molecule has 0 fully saturated rings. The number of nitrogens with zero attached hydrogens (tertiary/aromatic N) is 3. The molecule has 0 amide bonds. The van der Waals surface area contributed by atoms with Gasteiger partial charge in [-0.1, -0.05) is 41.9 Å². The second kappa shape index (κ2) is 7.50. The molecule has 25 heavy (non-hydrogen) atoms. The number of hydrogen-bond acceptors (Lipinski definition) is 5. The van der Waals surface area contributed by atoms with E-state index in [0.29, 0.717) is 22.6 Å². The summed E-state index contributed by atoms with van der Waals surface area (Å²) in [6, 6.07) is 13.1. The molecule has 0 spiro atoms. The minimum atomic E-state index is -0.106. The first kappa shape index (κ1) is 17.2. The molecule has 3 rings (SSSR count). The Kier molecular flexibility index (Phi) is 5.16. The molecular weight excluding hydrogens is 360 g/mol. The lowest BCUT2D eigenvalue weighted by Crippen LogP contribution is -2.00. The van der Waals surface area contributed by atoms with Crippen molar-refractivity contribution in [3.05, 3.63) is 69.2 Å². The zero-order valence-corrected chi connectivity index (χ0v) is 14.9. The van der Waals surface area contributed by atoms with Crippen LogP contribution in [-0.2, 0) is 6.42 Å². The number of H-pyrrole nitrogens is 1. The van der Waals surface area contributed by atoms with Crippen LogP contribution in [0.2, 0.25) is 5.02 Å². The fourth-order valence-corrected chi connectivity index (χ4v) is 2.70.